The van der Waals surface area contributed by atoms with Crippen LogP contribution < -0.4 is 28.7 Å². The minimum atomic E-state index is 0.00489. The van der Waals surface area contributed by atoms with E-state index in [1.165, 1.54) is 5.56 Å². The van der Waals surface area contributed by atoms with Gasteiger partial charge >= 0.3 is 0 Å². The lowest BCUT2D eigenvalue weighted by Gasteiger charge is -2.18. The first-order chi connectivity index (χ1) is 14.0. The van der Waals surface area contributed by atoms with Gasteiger partial charge in [0.15, 0.2) is 5.96 Å². The fourth-order valence-corrected chi connectivity index (χ4v) is 3.59. The highest BCUT2D eigenvalue weighted by Gasteiger charge is 2.15. The molecule has 6 heteroatoms. The molecule has 0 aliphatic heterocycles. The van der Waals surface area contributed by atoms with E-state index in [9.17, 15) is 0 Å². The first-order valence-corrected chi connectivity index (χ1v) is 9.57. The van der Waals surface area contributed by atoms with Crippen LogP contribution in [-0.4, -0.2) is 5.96 Å². The van der Waals surface area contributed by atoms with Gasteiger partial charge in [-0.2, -0.15) is 0 Å². The Kier molecular flexibility index (Phi) is 6.61. The first kappa shape index (κ1) is 20.5. The number of guanidine groups is 1. The van der Waals surface area contributed by atoms with Crippen LogP contribution in [0.1, 0.15) is 27.8 Å². The fraction of sp³-hybridized carbons (Fsp3) is 0.174. The quantitative estimate of drug-likeness (QED) is 0.311. The molecule has 0 unspecified atom stereocenters. The number of hydrogen-bond acceptors (Lipinski definition) is 4. The number of aliphatic imine (C=N–C) groups is 1. The lowest BCUT2D eigenvalue weighted by molar-refractivity contribution is 0.991. The Hall–Kier alpha value is -3.19. The van der Waals surface area contributed by atoms with Gasteiger partial charge in [0.05, 0.1) is 5.69 Å². The van der Waals surface area contributed by atoms with Crippen LogP contribution in [0.5, 0.6) is 0 Å². The summed E-state index contributed by atoms with van der Waals surface area (Å²) >= 11 is 0. The van der Waals surface area contributed by atoms with Gasteiger partial charge in [-0.25, -0.2) is 4.99 Å². The summed E-state index contributed by atoms with van der Waals surface area (Å²) < 4.78 is 0. The van der Waals surface area contributed by atoms with Gasteiger partial charge in [-0.3, -0.25) is 0 Å². The van der Waals surface area contributed by atoms with Crippen LogP contribution in [0.25, 0.3) is 11.1 Å². The van der Waals surface area contributed by atoms with Crippen LogP contribution in [0.3, 0.4) is 0 Å². The number of rotatable bonds is 7. The Balaban J connectivity index is 2.15. The molecule has 0 heterocycles. The van der Waals surface area contributed by atoms with Crippen molar-refractivity contribution in [2.24, 2.45) is 33.7 Å². The molecule has 0 aliphatic carbocycles. The van der Waals surface area contributed by atoms with Crippen molar-refractivity contribution in [1.82, 2.24) is 0 Å². The van der Waals surface area contributed by atoms with Crippen LogP contribution in [0.4, 0.5) is 5.69 Å². The highest BCUT2D eigenvalue weighted by molar-refractivity contribution is 5.87. The number of nitrogens with zero attached hydrogens (tertiary/aromatic N) is 1. The monoisotopic (exact) mass is 388 g/mol. The third kappa shape index (κ3) is 4.81. The number of nitrogens with two attached hydrogens (primary N) is 5. The molecule has 6 nitrogen and oxygen atoms in total. The van der Waals surface area contributed by atoms with Crippen molar-refractivity contribution in [2.75, 3.05) is 0 Å². The van der Waals surface area contributed by atoms with Gasteiger partial charge < -0.3 is 28.7 Å². The van der Waals surface area contributed by atoms with Crippen molar-refractivity contribution in [3.05, 3.63) is 88.5 Å². The molecule has 0 spiro atoms. The summed E-state index contributed by atoms with van der Waals surface area (Å²) in [7, 11) is 0. The average molecular weight is 389 g/mol. The van der Waals surface area contributed by atoms with Gasteiger partial charge in [-0.05, 0) is 45.9 Å². The van der Waals surface area contributed by atoms with Crippen molar-refractivity contribution < 1.29 is 0 Å². The summed E-state index contributed by atoms with van der Waals surface area (Å²) in [6.07, 6.45) is 0.785. The van der Waals surface area contributed by atoms with Gasteiger partial charge in [-0.15, -0.1) is 0 Å². The maximum atomic E-state index is 6.05. The highest BCUT2D eigenvalue weighted by Crippen LogP contribution is 2.37. The molecule has 0 aromatic heterocycles. The summed E-state index contributed by atoms with van der Waals surface area (Å²) in [5.74, 6) is 0.00489. The second kappa shape index (κ2) is 9.34. The lowest BCUT2D eigenvalue weighted by Crippen LogP contribution is -2.22. The van der Waals surface area contributed by atoms with Gasteiger partial charge in [0, 0.05) is 25.2 Å². The van der Waals surface area contributed by atoms with Crippen molar-refractivity contribution in [1.29, 1.82) is 0 Å². The Morgan fingerprint density at radius 2 is 1.34 bits per heavy atom. The summed E-state index contributed by atoms with van der Waals surface area (Å²) in [5, 5.41) is 0. The van der Waals surface area contributed by atoms with E-state index in [-0.39, 0.29) is 5.96 Å². The summed E-state index contributed by atoms with van der Waals surface area (Å²) in [6, 6.07) is 20.4. The third-order valence-electron chi connectivity index (χ3n) is 4.87. The number of hydrogen-bond donors (Lipinski definition) is 5. The van der Waals surface area contributed by atoms with Gasteiger partial charge in [0.2, 0.25) is 0 Å². The zero-order valence-corrected chi connectivity index (χ0v) is 16.4. The van der Waals surface area contributed by atoms with Crippen molar-refractivity contribution in [3.8, 4) is 11.1 Å². The van der Waals surface area contributed by atoms with E-state index in [0.29, 0.717) is 25.3 Å². The minimum Gasteiger partial charge on any atom is -0.370 e. The molecule has 0 saturated carbocycles. The maximum absolute atomic E-state index is 6.05. The van der Waals surface area contributed by atoms with Crippen LogP contribution >= 0.6 is 0 Å². The zero-order chi connectivity index (χ0) is 20.8. The smallest absolute Gasteiger partial charge is 0.191 e. The maximum Gasteiger partial charge on any atom is 0.191 e. The zero-order valence-electron chi connectivity index (χ0n) is 16.4. The largest absolute Gasteiger partial charge is 0.370 e. The Morgan fingerprint density at radius 1 is 0.690 bits per heavy atom. The predicted octanol–water partition coefficient (Wildman–Crippen LogP) is 2.23. The second-order valence-electron chi connectivity index (χ2n) is 6.95. The molecule has 29 heavy (non-hydrogen) atoms. The van der Waals surface area contributed by atoms with E-state index in [1.54, 1.807) is 0 Å². The van der Waals surface area contributed by atoms with Crippen LogP contribution in [-0.2, 0) is 26.1 Å². The molecule has 0 atom stereocenters. The van der Waals surface area contributed by atoms with Crippen LogP contribution in [0, 0.1) is 0 Å². The standard InChI is InChI=1S/C23H28N6/c24-12-17-9-18(13-25)22(19(10-17)14-26)20-7-6-16(11-21(20)29-23(27)28)8-15-4-2-1-3-5-15/h1-7,9-11H,8,12-14,24-26H2,(H4,27,28,29). The summed E-state index contributed by atoms with van der Waals surface area (Å²) in [6.45, 7) is 1.16. The number of benzene rings is 3. The van der Waals surface area contributed by atoms with Crippen molar-refractivity contribution in [2.45, 2.75) is 26.1 Å². The lowest BCUT2D eigenvalue weighted by atomic mass is 9.90. The van der Waals surface area contributed by atoms with Gasteiger partial charge in [0.25, 0.3) is 0 Å². The van der Waals surface area contributed by atoms with Crippen LogP contribution in [0.2, 0.25) is 0 Å². The molecule has 3 rings (SSSR count). The predicted molar refractivity (Wildman–Crippen MR) is 120 cm³/mol. The van der Waals surface area contributed by atoms with Crippen molar-refractivity contribution >= 4 is 11.6 Å². The Labute approximate surface area is 171 Å². The topological polar surface area (TPSA) is 142 Å². The Bertz CT molecular complexity index is 982. The minimum absolute atomic E-state index is 0.00489. The first-order valence-electron chi connectivity index (χ1n) is 9.57. The molecule has 150 valence electrons. The molecule has 0 radical (unpaired) electrons. The highest BCUT2D eigenvalue weighted by atomic mass is 15.0. The molecule has 3 aromatic rings. The molecule has 3 aromatic carbocycles. The molecule has 0 saturated heterocycles. The van der Waals surface area contributed by atoms with Gasteiger partial charge in [0.1, 0.15) is 0 Å². The molecule has 0 amide bonds. The molecular formula is C23H28N6. The fourth-order valence-electron chi connectivity index (χ4n) is 3.59. The third-order valence-corrected chi connectivity index (χ3v) is 4.87. The van der Waals surface area contributed by atoms with Gasteiger partial charge in [-0.1, -0.05) is 54.6 Å². The molecule has 0 aliphatic rings. The van der Waals surface area contributed by atoms with E-state index in [0.717, 1.165) is 39.8 Å². The van der Waals surface area contributed by atoms with E-state index < -0.39 is 0 Å². The summed E-state index contributed by atoms with van der Waals surface area (Å²) in [4.78, 5) is 4.40. The average Bonchev–Trinajstić information content (AvgIpc) is 2.73. The molecule has 0 bridgehead atoms. The molecular weight excluding hydrogens is 360 g/mol. The summed E-state index contributed by atoms with van der Waals surface area (Å²) in [5.41, 5.74) is 37.2. The van der Waals surface area contributed by atoms with E-state index in [4.69, 9.17) is 28.7 Å². The van der Waals surface area contributed by atoms with E-state index in [2.05, 4.69) is 23.2 Å². The van der Waals surface area contributed by atoms with E-state index in [1.807, 2.05) is 42.5 Å². The second-order valence-corrected chi connectivity index (χ2v) is 6.95. The SMILES string of the molecule is NCc1cc(CN)c(-c2ccc(Cc3ccccc3)cc2N=C(N)N)c(CN)c1. The van der Waals surface area contributed by atoms with E-state index >= 15 is 0 Å². The normalized spacial score (nSPS) is 10.7. The molecule has 0 fully saturated rings. The Morgan fingerprint density at radius 3 is 1.90 bits per heavy atom. The van der Waals surface area contributed by atoms with Crippen LogP contribution in [0.15, 0.2) is 65.7 Å². The molecule has 10 N–H and O–H groups in total. The van der Waals surface area contributed by atoms with Crippen molar-refractivity contribution in [3.63, 3.8) is 0 Å².